The number of allylic oxidation sites excluding steroid dienone is 2. The molecule has 1 aliphatic rings. The van der Waals surface area contributed by atoms with Crippen LogP contribution in [0.15, 0.2) is 43.1 Å². The Labute approximate surface area is 159 Å². The minimum absolute atomic E-state index is 0.522. The lowest BCUT2D eigenvalue weighted by atomic mass is 9.96. The average molecular weight is 360 g/mol. The number of ether oxygens (including phenoxy) is 1. The number of nitrogens with zero attached hydrogens (tertiary/aromatic N) is 3. The van der Waals surface area contributed by atoms with Crippen LogP contribution in [0, 0.1) is 5.92 Å². The van der Waals surface area contributed by atoms with Gasteiger partial charge in [-0.05, 0) is 35.8 Å². The Morgan fingerprint density at radius 2 is 2.22 bits per heavy atom. The first kappa shape index (κ1) is 17.3. The molecule has 1 N–H and O–H groups in total. The third kappa shape index (κ3) is 2.99. The van der Waals surface area contributed by atoms with E-state index in [9.17, 15) is 0 Å². The fraction of sp³-hybridized carbons (Fsp3) is 0.273. The molecule has 1 aliphatic heterocycles. The first-order valence-electron chi connectivity index (χ1n) is 9.23. The van der Waals surface area contributed by atoms with Crippen LogP contribution in [-0.2, 0) is 6.42 Å². The fourth-order valence-electron chi connectivity index (χ4n) is 3.49. The summed E-state index contributed by atoms with van der Waals surface area (Å²) in [7, 11) is 1.70. The van der Waals surface area contributed by atoms with E-state index in [0.717, 1.165) is 47.3 Å². The van der Waals surface area contributed by atoms with Crippen LogP contribution in [0.1, 0.15) is 30.8 Å². The fourth-order valence-corrected chi connectivity index (χ4v) is 3.49. The zero-order valence-corrected chi connectivity index (χ0v) is 16.0. The molecule has 0 saturated heterocycles. The number of hydrogen-bond donors (Lipinski definition) is 1. The molecule has 0 atom stereocenters. The molecule has 0 amide bonds. The smallest absolute Gasteiger partial charge is 0.180 e. The van der Waals surface area contributed by atoms with Gasteiger partial charge in [0.2, 0.25) is 0 Å². The summed E-state index contributed by atoms with van der Waals surface area (Å²) in [4.78, 5) is 9.58. The Kier molecular flexibility index (Phi) is 4.44. The summed E-state index contributed by atoms with van der Waals surface area (Å²) >= 11 is 0. The number of fused-ring (bicyclic) bond motifs is 2. The zero-order chi connectivity index (χ0) is 19.0. The van der Waals surface area contributed by atoms with Gasteiger partial charge in [-0.1, -0.05) is 32.6 Å². The topological polar surface area (TPSA) is 51.5 Å². The number of hydrogen-bond acceptors (Lipinski definition) is 4. The molecule has 0 radical (unpaired) electrons. The summed E-state index contributed by atoms with van der Waals surface area (Å²) < 4.78 is 7.65. The molecule has 0 saturated carbocycles. The van der Waals surface area contributed by atoms with E-state index in [4.69, 9.17) is 14.7 Å². The highest BCUT2D eigenvalue weighted by Crippen LogP contribution is 2.37. The van der Waals surface area contributed by atoms with E-state index in [1.807, 2.05) is 24.4 Å². The Hall–Kier alpha value is -3.08. The van der Waals surface area contributed by atoms with E-state index in [2.05, 4.69) is 42.3 Å². The molecule has 0 bridgehead atoms. The molecule has 0 spiro atoms. The number of nitrogens with one attached hydrogen (secondary N) is 1. The van der Waals surface area contributed by atoms with Gasteiger partial charge in [-0.15, -0.1) is 0 Å². The van der Waals surface area contributed by atoms with Gasteiger partial charge in [-0.25, -0.2) is 9.97 Å². The largest absolute Gasteiger partial charge is 0.497 e. The van der Waals surface area contributed by atoms with Crippen molar-refractivity contribution in [3.8, 4) is 17.0 Å². The zero-order valence-electron chi connectivity index (χ0n) is 16.0. The average Bonchev–Trinajstić information content (AvgIpc) is 3.12. The first-order chi connectivity index (χ1) is 13.1. The van der Waals surface area contributed by atoms with Crippen molar-refractivity contribution in [1.29, 1.82) is 0 Å². The molecule has 3 heterocycles. The van der Waals surface area contributed by atoms with Crippen LogP contribution in [0.25, 0.3) is 23.0 Å². The highest BCUT2D eigenvalue weighted by Gasteiger charge is 2.24. The Morgan fingerprint density at radius 3 is 2.96 bits per heavy atom. The Bertz CT molecular complexity index is 1050. The second kappa shape index (κ2) is 6.91. The Morgan fingerprint density at radius 1 is 1.37 bits per heavy atom. The molecule has 2 aromatic heterocycles. The van der Waals surface area contributed by atoms with Crippen LogP contribution in [0.5, 0.6) is 5.75 Å². The third-order valence-electron chi connectivity index (χ3n) is 4.79. The van der Waals surface area contributed by atoms with Crippen LogP contribution < -0.4 is 10.1 Å². The number of rotatable bonds is 6. The van der Waals surface area contributed by atoms with Crippen LogP contribution in [0.3, 0.4) is 0 Å². The predicted octanol–water partition coefficient (Wildman–Crippen LogP) is 4.58. The van der Waals surface area contributed by atoms with Crippen molar-refractivity contribution in [2.45, 2.75) is 20.3 Å². The van der Waals surface area contributed by atoms with Crippen molar-refractivity contribution in [2.75, 3.05) is 19.0 Å². The van der Waals surface area contributed by atoms with Crippen molar-refractivity contribution in [1.82, 2.24) is 14.4 Å². The third-order valence-corrected chi connectivity index (χ3v) is 4.79. The van der Waals surface area contributed by atoms with Gasteiger partial charge in [0.25, 0.3) is 0 Å². The Balaban J connectivity index is 1.94. The summed E-state index contributed by atoms with van der Waals surface area (Å²) in [5, 5.41) is 3.46. The van der Waals surface area contributed by atoms with Crippen molar-refractivity contribution >= 4 is 17.5 Å². The van der Waals surface area contributed by atoms with Crippen LogP contribution in [-0.4, -0.2) is 28.0 Å². The SMILES string of the molecule is C=CC=Cc1nc(NCC(C)C)c2ncc3n2c1Cc1cc(OC)ccc1-3. The van der Waals surface area contributed by atoms with Gasteiger partial charge >= 0.3 is 0 Å². The number of aromatic nitrogens is 3. The molecule has 0 aliphatic carbocycles. The molecule has 0 fully saturated rings. The molecule has 5 heteroatoms. The lowest BCUT2D eigenvalue weighted by molar-refractivity contribution is 0.414. The maximum atomic E-state index is 5.42. The van der Waals surface area contributed by atoms with Gasteiger partial charge in [-0.3, -0.25) is 4.40 Å². The lowest BCUT2D eigenvalue weighted by Gasteiger charge is -2.22. The maximum Gasteiger partial charge on any atom is 0.180 e. The van der Waals surface area contributed by atoms with E-state index in [1.54, 1.807) is 13.2 Å². The summed E-state index contributed by atoms with van der Waals surface area (Å²) in [5.41, 5.74) is 6.44. The van der Waals surface area contributed by atoms with Crippen molar-refractivity contribution < 1.29 is 4.74 Å². The minimum Gasteiger partial charge on any atom is -0.497 e. The van der Waals surface area contributed by atoms with Crippen molar-refractivity contribution in [3.05, 3.63) is 60.1 Å². The number of methoxy groups -OCH3 is 1. The highest BCUT2D eigenvalue weighted by atomic mass is 16.5. The molecular formula is C22H24N4O. The normalized spacial score (nSPS) is 12.6. The van der Waals surface area contributed by atoms with Crippen molar-refractivity contribution in [3.63, 3.8) is 0 Å². The van der Waals surface area contributed by atoms with Gasteiger partial charge in [0.15, 0.2) is 11.5 Å². The lowest BCUT2D eigenvalue weighted by Crippen LogP contribution is -2.15. The van der Waals surface area contributed by atoms with E-state index < -0.39 is 0 Å². The van der Waals surface area contributed by atoms with E-state index in [0.29, 0.717) is 5.92 Å². The van der Waals surface area contributed by atoms with Gasteiger partial charge in [0.1, 0.15) is 5.75 Å². The van der Waals surface area contributed by atoms with Crippen LogP contribution in [0.4, 0.5) is 5.82 Å². The quantitative estimate of drug-likeness (QED) is 0.512. The summed E-state index contributed by atoms with van der Waals surface area (Å²) in [5.74, 6) is 2.21. The molecule has 27 heavy (non-hydrogen) atoms. The van der Waals surface area contributed by atoms with Crippen LogP contribution >= 0.6 is 0 Å². The molecule has 4 rings (SSSR count). The van der Waals surface area contributed by atoms with E-state index in [1.165, 1.54) is 11.1 Å². The number of benzene rings is 1. The number of anilines is 1. The van der Waals surface area contributed by atoms with E-state index >= 15 is 0 Å². The molecule has 138 valence electrons. The summed E-state index contributed by atoms with van der Waals surface area (Å²) in [6.07, 6.45) is 8.42. The standard InChI is InChI=1S/C22H24N4O/c1-5-6-7-18-19-11-15-10-16(27-4)8-9-17(15)20-13-24-22(26(19)20)21(25-18)23-12-14(2)3/h5-10,13-14H,1,11-12H2,2-4H3,(H,23,25). The molecular weight excluding hydrogens is 336 g/mol. The molecule has 5 nitrogen and oxygen atoms in total. The predicted molar refractivity (Wildman–Crippen MR) is 110 cm³/mol. The molecule has 0 unspecified atom stereocenters. The van der Waals surface area contributed by atoms with Gasteiger partial charge < -0.3 is 10.1 Å². The molecule has 3 aromatic rings. The summed E-state index contributed by atoms with van der Waals surface area (Å²) in [6, 6.07) is 6.21. The maximum absolute atomic E-state index is 5.42. The van der Waals surface area contributed by atoms with E-state index in [-0.39, 0.29) is 0 Å². The second-order valence-electron chi connectivity index (χ2n) is 7.16. The summed E-state index contributed by atoms with van der Waals surface area (Å²) in [6.45, 7) is 9.00. The minimum atomic E-state index is 0.522. The van der Waals surface area contributed by atoms with Gasteiger partial charge in [-0.2, -0.15) is 0 Å². The monoisotopic (exact) mass is 360 g/mol. The van der Waals surface area contributed by atoms with Gasteiger partial charge in [0.05, 0.1) is 30.4 Å². The second-order valence-corrected chi connectivity index (χ2v) is 7.16. The van der Waals surface area contributed by atoms with Gasteiger partial charge in [0, 0.05) is 18.5 Å². The number of imidazole rings is 1. The first-order valence-corrected chi connectivity index (χ1v) is 9.23. The molecule has 1 aromatic carbocycles. The van der Waals surface area contributed by atoms with Crippen molar-refractivity contribution in [2.24, 2.45) is 5.92 Å². The van der Waals surface area contributed by atoms with Crippen LogP contribution in [0.2, 0.25) is 0 Å². The highest BCUT2D eigenvalue weighted by molar-refractivity contribution is 5.78.